The second-order valence-corrected chi connectivity index (χ2v) is 7.80. The molecule has 0 radical (unpaired) electrons. The van der Waals surface area contributed by atoms with Gasteiger partial charge in [-0.15, -0.1) is 0 Å². The van der Waals surface area contributed by atoms with Crippen molar-refractivity contribution in [2.24, 2.45) is 0 Å². The molecule has 0 aliphatic heterocycles. The van der Waals surface area contributed by atoms with Gasteiger partial charge in [0.25, 0.3) is 11.2 Å². The molecule has 0 saturated carbocycles. The summed E-state index contributed by atoms with van der Waals surface area (Å²) >= 11 is 0. The highest BCUT2D eigenvalue weighted by atomic mass is 16.6. The van der Waals surface area contributed by atoms with Gasteiger partial charge in [0.15, 0.2) is 5.78 Å². The van der Waals surface area contributed by atoms with Crippen LogP contribution in [0.15, 0.2) is 47.3 Å². The molecule has 33 heavy (non-hydrogen) atoms. The van der Waals surface area contributed by atoms with E-state index in [2.05, 4.69) is 0 Å². The number of non-ortho nitro benzene ring substituents is 1. The molecule has 4 atom stereocenters. The smallest absolute Gasteiger partial charge is 0.270 e. The fourth-order valence-electron chi connectivity index (χ4n) is 4.11. The van der Waals surface area contributed by atoms with E-state index in [9.17, 15) is 40.1 Å². The maximum absolute atomic E-state index is 13.4. The van der Waals surface area contributed by atoms with E-state index in [1.54, 1.807) is 24.3 Å². The van der Waals surface area contributed by atoms with Crippen molar-refractivity contribution in [1.29, 1.82) is 0 Å². The Morgan fingerprint density at radius 3 is 2.18 bits per heavy atom. The Morgan fingerprint density at radius 2 is 1.55 bits per heavy atom. The fourth-order valence-corrected chi connectivity index (χ4v) is 4.11. The third-order valence-corrected chi connectivity index (χ3v) is 5.81. The zero-order valence-electron chi connectivity index (χ0n) is 17.0. The van der Waals surface area contributed by atoms with Gasteiger partial charge < -0.3 is 30.1 Å². The van der Waals surface area contributed by atoms with Crippen molar-refractivity contribution in [2.75, 3.05) is 6.61 Å². The summed E-state index contributed by atoms with van der Waals surface area (Å²) in [5.41, 5.74) is -0.106. The highest BCUT2D eigenvalue weighted by Gasteiger charge is 2.35. The van der Waals surface area contributed by atoms with Crippen LogP contribution in [0, 0.1) is 10.1 Å². The number of aromatic nitrogens is 1. The van der Waals surface area contributed by atoms with Gasteiger partial charge in [-0.25, -0.2) is 0 Å². The number of nitro groups is 1. The van der Waals surface area contributed by atoms with E-state index in [1.165, 1.54) is 12.1 Å². The quantitative estimate of drug-likeness (QED) is 0.182. The van der Waals surface area contributed by atoms with Gasteiger partial charge in [-0.1, -0.05) is 24.3 Å². The van der Waals surface area contributed by atoms with Crippen molar-refractivity contribution >= 4 is 22.2 Å². The minimum absolute atomic E-state index is 0.123. The molecule has 1 aromatic heterocycles. The van der Waals surface area contributed by atoms with Crippen LogP contribution in [0.25, 0.3) is 22.0 Å². The van der Waals surface area contributed by atoms with Crippen molar-refractivity contribution in [3.63, 3.8) is 0 Å². The molecule has 0 unspecified atom stereocenters. The molecule has 172 valence electrons. The first-order chi connectivity index (χ1) is 15.7. The average Bonchev–Trinajstić information content (AvgIpc) is 3.12. The number of benzene rings is 2. The van der Waals surface area contributed by atoms with Crippen LogP contribution in [0.4, 0.5) is 5.69 Å². The summed E-state index contributed by atoms with van der Waals surface area (Å²) in [6, 6.07) is 10.0. The lowest BCUT2D eigenvalue weighted by molar-refractivity contribution is -0.384. The van der Waals surface area contributed by atoms with Gasteiger partial charge in [0.05, 0.1) is 34.7 Å². The van der Waals surface area contributed by atoms with E-state index >= 15 is 0 Å². The number of nitro benzene ring substituents is 1. The summed E-state index contributed by atoms with van der Waals surface area (Å²) in [6.45, 7) is -1.47. The Hall–Kier alpha value is -3.48. The summed E-state index contributed by atoms with van der Waals surface area (Å²) in [6.07, 6.45) is -7.38. The average molecular weight is 456 g/mol. The second kappa shape index (κ2) is 8.46. The van der Waals surface area contributed by atoms with E-state index in [0.29, 0.717) is 11.1 Å². The summed E-state index contributed by atoms with van der Waals surface area (Å²) in [4.78, 5) is 37.1. The van der Waals surface area contributed by atoms with Crippen LogP contribution in [0.3, 0.4) is 0 Å². The Bertz CT molecular complexity index is 1330. The fraction of sp³-hybridized carbons (Fsp3) is 0.273. The molecule has 11 nitrogen and oxygen atoms in total. The van der Waals surface area contributed by atoms with Gasteiger partial charge >= 0.3 is 0 Å². The zero-order valence-corrected chi connectivity index (χ0v) is 17.0. The van der Waals surface area contributed by atoms with E-state index in [0.717, 1.165) is 10.6 Å². The molecular weight excluding hydrogens is 436 g/mol. The molecule has 2 aromatic carbocycles. The predicted octanol–water partition coefficient (Wildman–Crippen LogP) is -0.443. The first-order valence-electron chi connectivity index (χ1n) is 9.99. The van der Waals surface area contributed by atoms with Gasteiger partial charge in [0.2, 0.25) is 0 Å². The highest BCUT2D eigenvalue weighted by Crippen LogP contribution is 2.39. The molecule has 0 fully saturated rings. The van der Waals surface area contributed by atoms with E-state index in [4.69, 9.17) is 5.11 Å². The van der Waals surface area contributed by atoms with Crippen molar-refractivity contribution in [1.82, 2.24) is 4.57 Å². The number of hydrogen-bond acceptors (Lipinski definition) is 9. The first-order valence-corrected chi connectivity index (χ1v) is 9.99. The molecule has 4 rings (SSSR count). The van der Waals surface area contributed by atoms with Crippen LogP contribution in [-0.2, 0) is 6.54 Å². The standard InChI is InChI=1S/C22H20N2O9/c25-9-16(27)21(30)20(29)15(26)8-23-18-12-3-1-2-4-13(12)19(28)17(18)11-6-5-10(24(32)33)7-14(11)22(23)31/h1-7,15-16,20-21,25-27,29-30H,8-9H2/t15-,16+,20+,21-/m0/s1. The number of fused-ring (bicyclic) bond motifs is 5. The number of rotatable bonds is 7. The van der Waals surface area contributed by atoms with E-state index in [-0.39, 0.29) is 27.7 Å². The zero-order chi connectivity index (χ0) is 24.0. The lowest BCUT2D eigenvalue weighted by Gasteiger charge is -2.27. The third-order valence-electron chi connectivity index (χ3n) is 5.81. The number of aliphatic hydroxyl groups is 5. The Balaban J connectivity index is 1.94. The number of hydrogen-bond donors (Lipinski definition) is 5. The molecule has 0 bridgehead atoms. The van der Waals surface area contributed by atoms with Crippen molar-refractivity contribution in [3.05, 3.63) is 74.1 Å². The van der Waals surface area contributed by atoms with Gasteiger partial charge in [-0.05, 0) is 6.07 Å². The minimum atomic E-state index is -1.94. The third kappa shape index (κ3) is 3.61. The lowest BCUT2D eigenvalue weighted by Crippen LogP contribution is -2.48. The largest absolute Gasteiger partial charge is 0.394 e. The molecular formula is C22H20N2O9. The molecule has 1 heterocycles. The van der Waals surface area contributed by atoms with Crippen LogP contribution in [-0.4, -0.2) is 71.8 Å². The van der Waals surface area contributed by atoms with Crippen molar-refractivity contribution < 1.29 is 35.3 Å². The number of carbonyl (C=O) groups excluding carboxylic acids is 1. The van der Waals surface area contributed by atoms with Gasteiger partial charge in [-0.2, -0.15) is 0 Å². The Morgan fingerprint density at radius 1 is 0.909 bits per heavy atom. The molecule has 5 N–H and O–H groups in total. The number of carbonyl (C=O) groups is 1. The van der Waals surface area contributed by atoms with Crippen molar-refractivity contribution in [3.8, 4) is 11.3 Å². The molecule has 0 spiro atoms. The SMILES string of the molecule is O=C1c2ccccc2-c2c1c1ccc([N+](=O)[O-])cc1c(=O)n2C[C@H](O)[C@@H](O)[C@@H](O)[C@H](O)CO. The van der Waals surface area contributed by atoms with Crippen LogP contribution >= 0.6 is 0 Å². The number of nitrogens with zero attached hydrogens (tertiary/aromatic N) is 2. The molecule has 1 aliphatic carbocycles. The molecule has 0 saturated heterocycles. The molecule has 1 aliphatic rings. The lowest BCUT2D eigenvalue weighted by atomic mass is 10.0. The maximum atomic E-state index is 13.4. The van der Waals surface area contributed by atoms with Crippen LogP contribution < -0.4 is 5.56 Å². The van der Waals surface area contributed by atoms with Gasteiger partial charge in [-0.3, -0.25) is 19.7 Å². The molecule has 0 amide bonds. The van der Waals surface area contributed by atoms with Crippen LogP contribution in [0.1, 0.15) is 15.9 Å². The summed E-state index contributed by atoms with van der Waals surface area (Å²) in [5, 5.41) is 60.5. The van der Waals surface area contributed by atoms with E-state index in [1.807, 2.05) is 0 Å². The Kier molecular flexibility index (Phi) is 5.82. The van der Waals surface area contributed by atoms with Gasteiger partial charge in [0.1, 0.15) is 24.4 Å². The monoisotopic (exact) mass is 456 g/mol. The molecule has 11 heteroatoms. The first kappa shape index (κ1) is 22.7. The second-order valence-electron chi connectivity index (χ2n) is 7.80. The summed E-state index contributed by atoms with van der Waals surface area (Å²) in [5.74, 6) is -0.404. The summed E-state index contributed by atoms with van der Waals surface area (Å²) in [7, 11) is 0. The van der Waals surface area contributed by atoms with Crippen molar-refractivity contribution in [2.45, 2.75) is 31.0 Å². The Labute approximate surface area is 185 Å². The number of ketones is 1. The number of aliphatic hydroxyl groups excluding tert-OH is 5. The van der Waals surface area contributed by atoms with Crippen LogP contribution in [0.5, 0.6) is 0 Å². The van der Waals surface area contributed by atoms with Crippen LogP contribution in [0.2, 0.25) is 0 Å². The predicted molar refractivity (Wildman–Crippen MR) is 115 cm³/mol. The highest BCUT2D eigenvalue weighted by molar-refractivity contribution is 6.26. The normalized spacial score (nSPS) is 16.2. The molecule has 3 aromatic rings. The van der Waals surface area contributed by atoms with Gasteiger partial charge in [0, 0.05) is 28.6 Å². The minimum Gasteiger partial charge on any atom is -0.394 e. The number of pyridine rings is 1. The topological polar surface area (TPSA) is 183 Å². The van der Waals surface area contributed by atoms with E-state index < -0.39 is 53.8 Å². The maximum Gasteiger partial charge on any atom is 0.270 e. The summed E-state index contributed by atoms with van der Waals surface area (Å²) < 4.78 is 1.02.